The molecule has 2 heteroatoms. The van der Waals surface area contributed by atoms with E-state index in [4.69, 9.17) is 5.73 Å². The van der Waals surface area contributed by atoms with Crippen LogP contribution in [0.15, 0.2) is 12.1 Å². The van der Waals surface area contributed by atoms with Crippen molar-refractivity contribution in [3.8, 4) is 0 Å². The lowest BCUT2D eigenvalue weighted by atomic mass is 9.65. The molecule has 0 heterocycles. The van der Waals surface area contributed by atoms with Crippen LogP contribution in [0.4, 0.5) is 0 Å². The van der Waals surface area contributed by atoms with Gasteiger partial charge in [-0.2, -0.15) is 0 Å². The summed E-state index contributed by atoms with van der Waals surface area (Å²) in [5, 5.41) is 11.0. The molecule has 0 aromatic heterocycles. The molecule has 1 saturated carbocycles. The van der Waals surface area contributed by atoms with Crippen molar-refractivity contribution in [3.63, 3.8) is 0 Å². The van der Waals surface area contributed by atoms with Crippen molar-refractivity contribution in [1.29, 1.82) is 0 Å². The molecule has 1 aliphatic carbocycles. The predicted octanol–water partition coefficient (Wildman–Crippen LogP) is 3.80. The highest BCUT2D eigenvalue weighted by atomic mass is 16.3. The molecular formula is C18H29NO. The first-order chi connectivity index (χ1) is 9.39. The molecule has 1 fully saturated rings. The van der Waals surface area contributed by atoms with E-state index >= 15 is 0 Å². The molecule has 2 rings (SSSR count). The topological polar surface area (TPSA) is 46.2 Å². The van der Waals surface area contributed by atoms with Gasteiger partial charge in [0.1, 0.15) is 0 Å². The Morgan fingerprint density at radius 3 is 2.25 bits per heavy atom. The monoisotopic (exact) mass is 275 g/mol. The number of nitrogens with two attached hydrogens (primary N) is 1. The third-order valence-corrected chi connectivity index (χ3v) is 5.43. The number of rotatable bonds is 3. The molecule has 1 aromatic rings. The van der Waals surface area contributed by atoms with Gasteiger partial charge in [-0.05, 0) is 61.8 Å². The number of aryl methyl sites for hydroxylation is 3. The van der Waals surface area contributed by atoms with Gasteiger partial charge in [-0.25, -0.2) is 0 Å². The minimum absolute atomic E-state index is 0.126. The highest BCUT2D eigenvalue weighted by Crippen LogP contribution is 2.47. The van der Waals surface area contributed by atoms with Crippen LogP contribution < -0.4 is 5.73 Å². The molecule has 20 heavy (non-hydrogen) atoms. The fraction of sp³-hybridized carbons (Fsp3) is 0.667. The lowest BCUT2D eigenvalue weighted by molar-refractivity contribution is -0.00858. The zero-order valence-electron chi connectivity index (χ0n) is 13.4. The molecule has 3 N–H and O–H groups in total. The SMILES string of the molecule is Cc1cc(C)c(C(O)C2(CN)CCC(C)CC2)cc1C. The van der Waals surface area contributed by atoms with Crippen LogP contribution >= 0.6 is 0 Å². The molecule has 1 unspecified atom stereocenters. The fourth-order valence-electron chi connectivity index (χ4n) is 3.53. The van der Waals surface area contributed by atoms with Crippen molar-refractivity contribution >= 4 is 0 Å². The summed E-state index contributed by atoms with van der Waals surface area (Å²) in [6.07, 6.45) is 4.01. The summed E-state index contributed by atoms with van der Waals surface area (Å²) in [5.41, 5.74) is 10.8. The molecule has 0 aliphatic heterocycles. The Bertz CT molecular complexity index is 473. The summed E-state index contributed by atoms with van der Waals surface area (Å²) in [4.78, 5) is 0. The molecule has 1 atom stereocenters. The molecule has 112 valence electrons. The zero-order valence-corrected chi connectivity index (χ0v) is 13.4. The summed E-state index contributed by atoms with van der Waals surface area (Å²) in [7, 11) is 0. The van der Waals surface area contributed by atoms with E-state index in [0.717, 1.165) is 24.3 Å². The Hall–Kier alpha value is -0.860. The third kappa shape index (κ3) is 2.77. The van der Waals surface area contributed by atoms with Gasteiger partial charge >= 0.3 is 0 Å². The van der Waals surface area contributed by atoms with Crippen molar-refractivity contribution in [3.05, 3.63) is 34.4 Å². The first kappa shape index (κ1) is 15.5. The van der Waals surface area contributed by atoms with E-state index in [0.29, 0.717) is 6.54 Å². The smallest absolute Gasteiger partial charge is 0.0860 e. The summed E-state index contributed by atoms with van der Waals surface area (Å²) < 4.78 is 0. The van der Waals surface area contributed by atoms with Crippen molar-refractivity contribution in [1.82, 2.24) is 0 Å². The standard InChI is InChI=1S/C18H29NO/c1-12-5-7-18(11-19,8-6-12)17(20)16-10-14(3)13(2)9-15(16)4/h9-10,12,17,20H,5-8,11,19H2,1-4H3. The van der Waals surface area contributed by atoms with Crippen LogP contribution in [0.3, 0.4) is 0 Å². The lowest BCUT2D eigenvalue weighted by Gasteiger charge is -2.42. The molecule has 0 amide bonds. The van der Waals surface area contributed by atoms with E-state index in [2.05, 4.69) is 39.8 Å². The van der Waals surface area contributed by atoms with Gasteiger partial charge in [0.15, 0.2) is 0 Å². The Morgan fingerprint density at radius 1 is 1.15 bits per heavy atom. The second-order valence-electron chi connectivity index (χ2n) is 6.94. The van der Waals surface area contributed by atoms with Crippen LogP contribution in [0, 0.1) is 32.1 Å². The third-order valence-electron chi connectivity index (χ3n) is 5.43. The number of aliphatic hydroxyl groups excluding tert-OH is 1. The summed E-state index contributed by atoms with van der Waals surface area (Å²) >= 11 is 0. The summed E-state index contributed by atoms with van der Waals surface area (Å²) in [6, 6.07) is 4.34. The average Bonchev–Trinajstić information content (AvgIpc) is 2.43. The maximum Gasteiger partial charge on any atom is 0.0860 e. The predicted molar refractivity (Wildman–Crippen MR) is 84.7 cm³/mol. The average molecular weight is 275 g/mol. The molecule has 2 nitrogen and oxygen atoms in total. The Balaban J connectivity index is 2.33. The molecule has 0 radical (unpaired) electrons. The van der Waals surface area contributed by atoms with Gasteiger partial charge in [-0.15, -0.1) is 0 Å². The maximum absolute atomic E-state index is 11.0. The first-order valence-electron chi connectivity index (χ1n) is 7.85. The van der Waals surface area contributed by atoms with E-state index in [1.54, 1.807) is 0 Å². The Morgan fingerprint density at radius 2 is 1.70 bits per heavy atom. The number of aliphatic hydroxyl groups is 1. The molecule has 1 aliphatic rings. The zero-order chi connectivity index (χ0) is 14.9. The molecule has 0 bridgehead atoms. The molecule has 1 aromatic carbocycles. The Kier molecular flexibility index (Phi) is 4.55. The minimum atomic E-state index is -0.431. The van der Waals surface area contributed by atoms with Crippen LogP contribution in [0.25, 0.3) is 0 Å². The van der Waals surface area contributed by atoms with Crippen LogP contribution in [0.2, 0.25) is 0 Å². The van der Waals surface area contributed by atoms with Gasteiger partial charge in [-0.1, -0.05) is 31.9 Å². The van der Waals surface area contributed by atoms with Gasteiger partial charge < -0.3 is 10.8 Å². The van der Waals surface area contributed by atoms with Gasteiger partial charge in [-0.3, -0.25) is 0 Å². The molecular weight excluding hydrogens is 246 g/mol. The van der Waals surface area contributed by atoms with E-state index in [1.165, 1.54) is 29.5 Å². The van der Waals surface area contributed by atoms with Crippen molar-refractivity contribution < 1.29 is 5.11 Å². The van der Waals surface area contributed by atoms with E-state index in [9.17, 15) is 5.11 Å². The summed E-state index contributed by atoms with van der Waals surface area (Å²) in [6.45, 7) is 9.21. The van der Waals surface area contributed by atoms with Gasteiger partial charge in [0.2, 0.25) is 0 Å². The van der Waals surface area contributed by atoms with Crippen molar-refractivity contribution in [2.45, 2.75) is 59.5 Å². The van der Waals surface area contributed by atoms with Crippen LogP contribution in [0.1, 0.15) is 61.0 Å². The van der Waals surface area contributed by atoms with Crippen LogP contribution in [-0.4, -0.2) is 11.7 Å². The lowest BCUT2D eigenvalue weighted by Crippen LogP contribution is -2.40. The summed E-state index contributed by atoms with van der Waals surface area (Å²) in [5.74, 6) is 0.766. The van der Waals surface area contributed by atoms with E-state index in [1.807, 2.05) is 0 Å². The van der Waals surface area contributed by atoms with Crippen molar-refractivity contribution in [2.75, 3.05) is 6.54 Å². The highest BCUT2D eigenvalue weighted by Gasteiger charge is 2.40. The number of benzene rings is 1. The minimum Gasteiger partial charge on any atom is -0.388 e. The number of hydrogen-bond donors (Lipinski definition) is 2. The molecule has 0 saturated heterocycles. The van der Waals surface area contributed by atoms with Gasteiger partial charge in [0, 0.05) is 12.0 Å². The Labute approximate surface area is 123 Å². The molecule has 0 spiro atoms. The largest absolute Gasteiger partial charge is 0.388 e. The first-order valence-corrected chi connectivity index (χ1v) is 7.85. The van der Waals surface area contributed by atoms with Crippen molar-refractivity contribution in [2.24, 2.45) is 17.1 Å². The second-order valence-corrected chi connectivity index (χ2v) is 6.94. The van der Waals surface area contributed by atoms with E-state index in [-0.39, 0.29) is 5.41 Å². The normalized spacial score (nSPS) is 28.4. The number of hydrogen-bond acceptors (Lipinski definition) is 2. The quantitative estimate of drug-likeness (QED) is 0.881. The van der Waals surface area contributed by atoms with Crippen LogP contribution in [0.5, 0.6) is 0 Å². The highest BCUT2D eigenvalue weighted by molar-refractivity contribution is 5.38. The van der Waals surface area contributed by atoms with Crippen LogP contribution in [-0.2, 0) is 0 Å². The van der Waals surface area contributed by atoms with Gasteiger partial charge in [0.05, 0.1) is 6.10 Å². The second kappa shape index (κ2) is 5.87. The maximum atomic E-state index is 11.0. The fourth-order valence-corrected chi connectivity index (χ4v) is 3.53. The van der Waals surface area contributed by atoms with E-state index < -0.39 is 6.10 Å². The van der Waals surface area contributed by atoms with Gasteiger partial charge in [0.25, 0.3) is 0 Å².